The predicted octanol–water partition coefficient (Wildman–Crippen LogP) is 1.42. The molecule has 3 rings (SSSR count). The van der Waals surface area contributed by atoms with E-state index in [0.717, 1.165) is 21.9 Å². The molecule has 0 aliphatic carbocycles. The van der Waals surface area contributed by atoms with Gasteiger partial charge in [0.15, 0.2) is 0 Å². The van der Waals surface area contributed by atoms with Crippen LogP contribution in [0.25, 0.3) is 10.8 Å². The van der Waals surface area contributed by atoms with Crippen LogP contribution in [0.5, 0.6) is 0 Å². The third-order valence-electron chi connectivity index (χ3n) is 6.18. The second-order valence-corrected chi connectivity index (χ2v) is 9.03. The minimum atomic E-state index is -1.01. The number of carbonyl (C=O) groups is 4. The van der Waals surface area contributed by atoms with Crippen molar-refractivity contribution < 1.29 is 19.2 Å². The molecule has 10 heteroatoms. The van der Waals surface area contributed by atoms with E-state index in [1.807, 2.05) is 72.8 Å². The standard InChI is InChI=1S/C28H34N6O4/c1-2-22(29)26(36)33-34-28(38)32-23(15-13-18-8-4-3-5-9-18)27(37)31-24(25(30)35)17-19-12-14-20-10-6-7-11-21(20)16-19/h3-12,14,16,22-24H,2,13,15,17,29H2,1H3,(H2,30,35)(H,31,37)(H,33,36)(H2,32,34,38)/t22-,23+,24+/m1/s1. The minimum absolute atomic E-state index is 0.189. The molecule has 0 aromatic heterocycles. The first-order valence-electron chi connectivity index (χ1n) is 12.5. The molecule has 0 saturated heterocycles. The van der Waals surface area contributed by atoms with E-state index in [4.69, 9.17) is 11.5 Å². The van der Waals surface area contributed by atoms with Gasteiger partial charge in [0.05, 0.1) is 6.04 Å². The number of hydrogen-bond acceptors (Lipinski definition) is 5. The number of primary amides is 1. The van der Waals surface area contributed by atoms with Gasteiger partial charge in [-0.1, -0.05) is 79.7 Å². The summed E-state index contributed by atoms with van der Waals surface area (Å²) < 4.78 is 0. The summed E-state index contributed by atoms with van der Waals surface area (Å²) in [6.07, 6.45) is 1.31. The van der Waals surface area contributed by atoms with Gasteiger partial charge in [-0.15, -0.1) is 0 Å². The first-order chi connectivity index (χ1) is 18.3. The maximum absolute atomic E-state index is 13.2. The summed E-state index contributed by atoms with van der Waals surface area (Å²) in [6, 6.07) is 19.5. The van der Waals surface area contributed by atoms with Crippen molar-refractivity contribution in [3.05, 3.63) is 83.9 Å². The highest BCUT2D eigenvalue weighted by Gasteiger charge is 2.26. The lowest BCUT2D eigenvalue weighted by molar-refractivity contribution is -0.128. The lowest BCUT2D eigenvalue weighted by Crippen LogP contribution is -2.58. The summed E-state index contributed by atoms with van der Waals surface area (Å²) in [5, 5.41) is 7.30. The summed E-state index contributed by atoms with van der Waals surface area (Å²) in [5.41, 5.74) is 17.5. The van der Waals surface area contributed by atoms with Crippen LogP contribution < -0.4 is 33.0 Å². The van der Waals surface area contributed by atoms with Gasteiger partial charge in [0, 0.05) is 6.42 Å². The van der Waals surface area contributed by atoms with Gasteiger partial charge in [-0.3, -0.25) is 19.8 Å². The lowest BCUT2D eigenvalue weighted by atomic mass is 10.0. The van der Waals surface area contributed by atoms with Crippen molar-refractivity contribution in [2.24, 2.45) is 11.5 Å². The topological polar surface area (TPSA) is 168 Å². The molecule has 3 aromatic carbocycles. The van der Waals surface area contributed by atoms with Gasteiger partial charge in [0.25, 0.3) is 5.91 Å². The molecule has 0 aliphatic rings. The highest BCUT2D eigenvalue weighted by molar-refractivity contribution is 5.92. The number of rotatable bonds is 11. The second-order valence-electron chi connectivity index (χ2n) is 9.03. The van der Waals surface area contributed by atoms with Crippen LogP contribution in [0.2, 0.25) is 0 Å². The molecule has 0 saturated carbocycles. The van der Waals surface area contributed by atoms with E-state index in [1.54, 1.807) is 6.92 Å². The van der Waals surface area contributed by atoms with E-state index < -0.39 is 41.9 Å². The van der Waals surface area contributed by atoms with E-state index in [0.29, 0.717) is 12.8 Å². The normalized spacial score (nSPS) is 13.1. The van der Waals surface area contributed by atoms with Crippen molar-refractivity contribution in [2.45, 2.75) is 50.7 Å². The average molecular weight is 519 g/mol. The zero-order chi connectivity index (χ0) is 27.5. The molecule has 0 bridgehead atoms. The van der Waals surface area contributed by atoms with Crippen molar-refractivity contribution in [1.82, 2.24) is 21.5 Å². The van der Waals surface area contributed by atoms with Crippen molar-refractivity contribution in [2.75, 3.05) is 0 Å². The van der Waals surface area contributed by atoms with Gasteiger partial charge >= 0.3 is 6.03 Å². The molecule has 10 nitrogen and oxygen atoms in total. The summed E-state index contributed by atoms with van der Waals surface area (Å²) in [5.74, 6) is -1.83. The van der Waals surface area contributed by atoms with Crippen molar-refractivity contribution in [3.8, 4) is 0 Å². The van der Waals surface area contributed by atoms with E-state index >= 15 is 0 Å². The van der Waals surface area contributed by atoms with Crippen molar-refractivity contribution >= 4 is 34.5 Å². The first-order valence-corrected chi connectivity index (χ1v) is 12.5. The zero-order valence-corrected chi connectivity index (χ0v) is 21.3. The Morgan fingerprint density at radius 2 is 1.45 bits per heavy atom. The molecule has 8 N–H and O–H groups in total. The Hall–Kier alpha value is -4.44. The van der Waals surface area contributed by atoms with Crippen LogP contribution in [-0.2, 0) is 27.2 Å². The highest BCUT2D eigenvalue weighted by Crippen LogP contribution is 2.17. The van der Waals surface area contributed by atoms with Crippen LogP contribution in [0.15, 0.2) is 72.8 Å². The number of carbonyl (C=O) groups excluding carboxylic acids is 4. The Labute approximate surface area is 221 Å². The summed E-state index contributed by atoms with van der Waals surface area (Å²) in [4.78, 5) is 49.8. The Balaban J connectivity index is 1.69. The first kappa shape index (κ1) is 28.1. The van der Waals surface area contributed by atoms with E-state index in [1.165, 1.54) is 0 Å². The van der Waals surface area contributed by atoms with Crippen LogP contribution in [0, 0.1) is 0 Å². The number of benzene rings is 3. The molecule has 5 amide bonds. The molecule has 3 atom stereocenters. The Bertz CT molecular complexity index is 1270. The number of hydrazine groups is 1. The van der Waals surface area contributed by atoms with Gasteiger partial charge in [-0.2, -0.15) is 0 Å². The van der Waals surface area contributed by atoms with Gasteiger partial charge < -0.3 is 22.1 Å². The van der Waals surface area contributed by atoms with Crippen molar-refractivity contribution in [1.29, 1.82) is 0 Å². The van der Waals surface area contributed by atoms with Crippen molar-refractivity contribution in [3.63, 3.8) is 0 Å². The maximum atomic E-state index is 13.2. The fourth-order valence-corrected chi connectivity index (χ4v) is 3.91. The Morgan fingerprint density at radius 1 is 0.763 bits per heavy atom. The molecule has 3 aromatic rings. The molecule has 0 fully saturated rings. The van der Waals surface area contributed by atoms with Crippen LogP contribution in [0.3, 0.4) is 0 Å². The van der Waals surface area contributed by atoms with Crippen LogP contribution in [-0.4, -0.2) is 41.9 Å². The number of amides is 5. The van der Waals surface area contributed by atoms with Crippen LogP contribution >= 0.6 is 0 Å². The van der Waals surface area contributed by atoms with Crippen LogP contribution in [0.4, 0.5) is 4.79 Å². The molecular formula is C28H34N6O4. The maximum Gasteiger partial charge on any atom is 0.334 e. The number of nitrogens with two attached hydrogens (primary N) is 2. The predicted molar refractivity (Wildman–Crippen MR) is 145 cm³/mol. The fourth-order valence-electron chi connectivity index (χ4n) is 3.91. The number of nitrogens with one attached hydrogen (secondary N) is 4. The van der Waals surface area contributed by atoms with Gasteiger partial charge in [-0.25, -0.2) is 10.2 Å². The molecule has 0 heterocycles. The summed E-state index contributed by atoms with van der Waals surface area (Å²) in [6.45, 7) is 1.74. The summed E-state index contributed by atoms with van der Waals surface area (Å²) in [7, 11) is 0. The second kappa shape index (κ2) is 13.8. The third-order valence-corrected chi connectivity index (χ3v) is 6.18. The van der Waals surface area contributed by atoms with E-state index in [2.05, 4.69) is 21.5 Å². The number of aryl methyl sites for hydroxylation is 1. The summed E-state index contributed by atoms with van der Waals surface area (Å²) >= 11 is 0. The number of urea groups is 1. The quantitative estimate of drug-likeness (QED) is 0.211. The Morgan fingerprint density at radius 3 is 2.13 bits per heavy atom. The highest BCUT2D eigenvalue weighted by atomic mass is 16.2. The zero-order valence-electron chi connectivity index (χ0n) is 21.3. The van der Waals surface area contributed by atoms with Gasteiger partial charge in [-0.05, 0) is 41.2 Å². The molecule has 0 unspecified atom stereocenters. The molecule has 38 heavy (non-hydrogen) atoms. The molecule has 0 aliphatic heterocycles. The van der Waals surface area contributed by atoms with E-state index in [-0.39, 0.29) is 12.8 Å². The average Bonchev–Trinajstić information content (AvgIpc) is 2.93. The molecule has 0 spiro atoms. The van der Waals surface area contributed by atoms with Gasteiger partial charge in [0.2, 0.25) is 11.8 Å². The van der Waals surface area contributed by atoms with Crippen LogP contribution in [0.1, 0.15) is 30.9 Å². The fraction of sp³-hybridized carbons (Fsp3) is 0.286. The smallest absolute Gasteiger partial charge is 0.334 e. The molecule has 0 radical (unpaired) electrons. The Kier molecular flexibility index (Phi) is 10.2. The largest absolute Gasteiger partial charge is 0.368 e. The van der Waals surface area contributed by atoms with E-state index in [9.17, 15) is 19.2 Å². The SMILES string of the molecule is CC[C@@H](N)C(=O)NNC(=O)N[C@@H](CCc1ccccc1)C(=O)N[C@@H](Cc1ccc2ccccc2c1)C(N)=O. The number of hydrogen-bond donors (Lipinski definition) is 6. The molecule has 200 valence electrons. The number of fused-ring (bicyclic) bond motifs is 1. The third kappa shape index (κ3) is 8.31. The minimum Gasteiger partial charge on any atom is -0.368 e. The lowest BCUT2D eigenvalue weighted by Gasteiger charge is -2.22. The van der Waals surface area contributed by atoms with Gasteiger partial charge in [0.1, 0.15) is 12.1 Å². The monoisotopic (exact) mass is 518 g/mol. The molecular weight excluding hydrogens is 484 g/mol.